The summed E-state index contributed by atoms with van der Waals surface area (Å²) >= 11 is 5.91. The lowest BCUT2D eigenvalue weighted by atomic mass is 10.1. The van der Waals surface area contributed by atoms with Crippen LogP contribution in [0, 0.1) is 10.1 Å². The first-order chi connectivity index (χ1) is 10.5. The predicted molar refractivity (Wildman–Crippen MR) is 84.7 cm³/mol. The van der Waals surface area contributed by atoms with Crippen LogP contribution in [0.4, 0.5) is 5.69 Å². The Morgan fingerprint density at radius 2 is 1.95 bits per heavy atom. The van der Waals surface area contributed by atoms with Gasteiger partial charge in [0.1, 0.15) is 0 Å². The Morgan fingerprint density at radius 3 is 2.64 bits per heavy atom. The lowest BCUT2D eigenvalue weighted by Crippen LogP contribution is -2.27. The topological polar surface area (TPSA) is 63.5 Å². The van der Waals surface area contributed by atoms with Gasteiger partial charge < -0.3 is 4.90 Å². The number of nitrogens with zero attached hydrogens (tertiary/aromatic N) is 2. The molecule has 5 nitrogen and oxygen atoms in total. The number of carbonyl (C=O) groups excluding carboxylic acids is 1. The fourth-order valence-electron chi connectivity index (χ4n) is 2.13. The van der Waals surface area contributed by atoms with Crippen LogP contribution in [0.2, 0.25) is 5.02 Å². The average Bonchev–Trinajstić information content (AvgIpc) is 2.47. The number of nitro benzene ring substituents is 1. The van der Waals surface area contributed by atoms with Gasteiger partial charge in [0.15, 0.2) is 0 Å². The molecule has 0 aliphatic carbocycles. The van der Waals surface area contributed by atoms with Gasteiger partial charge in [0.05, 0.1) is 11.3 Å². The van der Waals surface area contributed by atoms with Gasteiger partial charge in [-0.1, -0.05) is 41.9 Å². The first-order valence-corrected chi connectivity index (χ1v) is 7.06. The molecule has 0 bridgehead atoms. The number of likely N-dealkylation sites (N-methyl/N-ethyl adjacent to an activating group) is 1. The van der Waals surface area contributed by atoms with E-state index in [2.05, 4.69) is 0 Å². The molecule has 0 spiro atoms. The molecule has 0 fully saturated rings. The van der Waals surface area contributed by atoms with Gasteiger partial charge >= 0.3 is 0 Å². The van der Waals surface area contributed by atoms with Gasteiger partial charge in [0.2, 0.25) is 5.91 Å². The van der Waals surface area contributed by atoms with Crippen LogP contribution in [0.5, 0.6) is 0 Å². The molecule has 22 heavy (non-hydrogen) atoms. The SMILES string of the molecule is CN(Cc1cccc(Cl)c1)C(=O)Cc1ccccc1[N+](=O)[O-]. The Bertz CT molecular complexity index is 703. The van der Waals surface area contributed by atoms with Crippen LogP contribution in [0.1, 0.15) is 11.1 Å². The highest BCUT2D eigenvalue weighted by molar-refractivity contribution is 6.30. The second kappa shape index (κ2) is 7.04. The molecule has 0 saturated heterocycles. The number of para-hydroxylation sites is 1. The normalized spacial score (nSPS) is 10.3. The Hall–Kier alpha value is -2.40. The fourth-order valence-corrected chi connectivity index (χ4v) is 2.35. The number of amides is 1. The quantitative estimate of drug-likeness (QED) is 0.626. The van der Waals surface area contributed by atoms with E-state index in [4.69, 9.17) is 11.6 Å². The molecular weight excluding hydrogens is 304 g/mol. The molecule has 0 atom stereocenters. The first kappa shape index (κ1) is 16.0. The summed E-state index contributed by atoms with van der Waals surface area (Å²) in [7, 11) is 1.66. The molecule has 0 N–H and O–H groups in total. The molecule has 0 radical (unpaired) electrons. The van der Waals surface area contributed by atoms with Crippen LogP contribution < -0.4 is 0 Å². The van der Waals surface area contributed by atoms with Crippen LogP contribution in [-0.2, 0) is 17.8 Å². The third-order valence-electron chi connectivity index (χ3n) is 3.26. The van der Waals surface area contributed by atoms with Crippen LogP contribution in [0.15, 0.2) is 48.5 Å². The molecule has 2 rings (SSSR count). The number of carbonyl (C=O) groups is 1. The van der Waals surface area contributed by atoms with Gasteiger partial charge in [-0.15, -0.1) is 0 Å². The van der Waals surface area contributed by atoms with Crippen molar-refractivity contribution >= 4 is 23.2 Å². The van der Waals surface area contributed by atoms with E-state index in [9.17, 15) is 14.9 Å². The molecule has 0 saturated carbocycles. The van der Waals surface area contributed by atoms with Gasteiger partial charge in [0, 0.05) is 30.2 Å². The smallest absolute Gasteiger partial charge is 0.273 e. The van der Waals surface area contributed by atoms with E-state index < -0.39 is 4.92 Å². The molecule has 0 aliphatic rings. The van der Waals surface area contributed by atoms with E-state index in [-0.39, 0.29) is 18.0 Å². The summed E-state index contributed by atoms with van der Waals surface area (Å²) in [4.78, 5) is 24.3. The molecule has 0 aliphatic heterocycles. The van der Waals surface area contributed by atoms with Crippen molar-refractivity contribution in [3.05, 3.63) is 74.8 Å². The van der Waals surface area contributed by atoms with Crippen molar-refractivity contribution in [2.45, 2.75) is 13.0 Å². The third kappa shape index (κ3) is 4.05. The highest BCUT2D eigenvalue weighted by Crippen LogP contribution is 2.19. The van der Waals surface area contributed by atoms with Crippen molar-refractivity contribution in [2.75, 3.05) is 7.05 Å². The van der Waals surface area contributed by atoms with E-state index >= 15 is 0 Å². The maximum Gasteiger partial charge on any atom is 0.273 e. The van der Waals surface area contributed by atoms with E-state index in [0.717, 1.165) is 5.56 Å². The largest absolute Gasteiger partial charge is 0.341 e. The summed E-state index contributed by atoms with van der Waals surface area (Å²) in [5, 5.41) is 11.6. The highest BCUT2D eigenvalue weighted by atomic mass is 35.5. The number of rotatable bonds is 5. The summed E-state index contributed by atoms with van der Waals surface area (Å²) in [6, 6.07) is 13.5. The van der Waals surface area contributed by atoms with E-state index in [1.54, 1.807) is 37.4 Å². The lowest BCUT2D eigenvalue weighted by Gasteiger charge is -2.17. The van der Waals surface area contributed by atoms with Gasteiger partial charge in [-0.2, -0.15) is 0 Å². The zero-order valence-electron chi connectivity index (χ0n) is 12.0. The predicted octanol–water partition coefficient (Wildman–Crippen LogP) is 3.45. The van der Waals surface area contributed by atoms with Gasteiger partial charge in [-0.05, 0) is 17.7 Å². The number of benzene rings is 2. The van der Waals surface area contributed by atoms with Gasteiger partial charge in [0.25, 0.3) is 5.69 Å². The van der Waals surface area contributed by atoms with Gasteiger partial charge in [-0.25, -0.2) is 0 Å². The average molecular weight is 319 g/mol. The molecule has 0 heterocycles. The van der Waals surface area contributed by atoms with E-state index in [1.807, 2.05) is 12.1 Å². The minimum Gasteiger partial charge on any atom is -0.341 e. The maximum absolute atomic E-state index is 12.2. The van der Waals surface area contributed by atoms with Crippen molar-refractivity contribution in [1.82, 2.24) is 4.90 Å². The third-order valence-corrected chi connectivity index (χ3v) is 3.50. The second-order valence-corrected chi connectivity index (χ2v) is 5.38. The number of hydrogen-bond acceptors (Lipinski definition) is 3. The van der Waals surface area contributed by atoms with Crippen molar-refractivity contribution in [2.24, 2.45) is 0 Å². The molecule has 6 heteroatoms. The molecule has 1 amide bonds. The number of halogens is 1. The van der Waals surface area contributed by atoms with Crippen molar-refractivity contribution in [1.29, 1.82) is 0 Å². The van der Waals surface area contributed by atoms with E-state index in [1.165, 1.54) is 11.0 Å². The van der Waals surface area contributed by atoms with Crippen LogP contribution in [-0.4, -0.2) is 22.8 Å². The highest BCUT2D eigenvalue weighted by Gasteiger charge is 2.17. The summed E-state index contributed by atoms with van der Waals surface area (Å²) in [6.45, 7) is 0.403. The lowest BCUT2D eigenvalue weighted by molar-refractivity contribution is -0.385. The zero-order chi connectivity index (χ0) is 16.1. The van der Waals surface area contributed by atoms with Gasteiger partial charge in [-0.3, -0.25) is 14.9 Å². The summed E-state index contributed by atoms with van der Waals surface area (Å²) < 4.78 is 0. The van der Waals surface area contributed by atoms with Crippen molar-refractivity contribution in [3.8, 4) is 0 Å². The van der Waals surface area contributed by atoms with Crippen LogP contribution in [0.3, 0.4) is 0 Å². The molecule has 2 aromatic rings. The molecule has 0 unspecified atom stereocenters. The standard InChI is InChI=1S/C16H15ClN2O3/c1-18(11-12-5-4-7-14(17)9-12)16(20)10-13-6-2-3-8-15(13)19(21)22/h2-9H,10-11H2,1H3. The maximum atomic E-state index is 12.2. The Morgan fingerprint density at radius 1 is 1.23 bits per heavy atom. The first-order valence-electron chi connectivity index (χ1n) is 6.68. The minimum absolute atomic E-state index is 0.00574. The monoisotopic (exact) mass is 318 g/mol. The van der Waals surface area contributed by atoms with Crippen molar-refractivity contribution in [3.63, 3.8) is 0 Å². The summed E-state index contributed by atoms with van der Waals surface area (Å²) in [5.41, 5.74) is 1.29. The number of hydrogen-bond donors (Lipinski definition) is 0. The molecule has 0 aromatic heterocycles. The minimum atomic E-state index is -0.473. The fraction of sp³-hybridized carbons (Fsp3) is 0.188. The summed E-state index contributed by atoms with van der Waals surface area (Å²) in [5.74, 6) is -0.186. The number of nitro groups is 1. The van der Waals surface area contributed by atoms with Crippen LogP contribution in [0.25, 0.3) is 0 Å². The molecule has 2 aromatic carbocycles. The Kier molecular flexibility index (Phi) is 5.12. The molecular formula is C16H15ClN2O3. The second-order valence-electron chi connectivity index (χ2n) is 4.94. The molecule has 114 valence electrons. The zero-order valence-corrected chi connectivity index (χ0v) is 12.8. The van der Waals surface area contributed by atoms with Crippen molar-refractivity contribution < 1.29 is 9.72 Å². The van der Waals surface area contributed by atoms with E-state index in [0.29, 0.717) is 17.1 Å². The Labute approximate surface area is 133 Å². The Balaban J connectivity index is 2.07. The summed E-state index contributed by atoms with van der Waals surface area (Å²) in [6.07, 6.45) is -0.00574. The van der Waals surface area contributed by atoms with Crippen LogP contribution >= 0.6 is 11.6 Å².